The molecule has 1 amide bonds. The van der Waals surface area contributed by atoms with Crippen LogP contribution in [-0.2, 0) is 27.2 Å². The Hall–Kier alpha value is -2.69. The summed E-state index contributed by atoms with van der Waals surface area (Å²) in [5.41, 5.74) is 3.07. The molecule has 4 nitrogen and oxygen atoms in total. The van der Waals surface area contributed by atoms with Crippen LogP contribution in [0, 0.1) is 12.7 Å². The molecule has 138 valence electrons. The summed E-state index contributed by atoms with van der Waals surface area (Å²) in [4.78, 5) is 23.4. The standard InChI is InChI=1S/C21H24FNO3/c1-16-5-7-17(8-6-16)9-11-20(24)23-13-14-26-21(25)12-10-18-3-2-4-19(22)15-18/h2-8,15H,9-14H2,1H3,(H,23,24). The highest BCUT2D eigenvalue weighted by Crippen LogP contribution is 2.07. The minimum Gasteiger partial charge on any atom is -0.464 e. The Balaban J connectivity index is 1.55. The molecule has 0 fully saturated rings. The van der Waals surface area contributed by atoms with Crippen LogP contribution in [0.1, 0.15) is 29.5 Å². The zero-order chi connectivity index (χ0) is 18.8. The van der Waals surface area contributed by atoms with Crippen molar-refractivity contribution in [3.05, 3.63) is 71.0 Å². The Kier molecular flexibility index (Phi) is 7.80. The van der Waals surface area contributed by atoms with Crippen molar-refractivity contribution >= 4 is 11.9 Å². The van der Waals surface area contributed by atoms with Crippen molar-refractivity contribution in [3.8, 4) is 0 Å². The molecular formula is C21H24FNO3. The van der Waals surface area contributed by atoms with Gasteiger partial charge in [0, 0.05) is 12.8 Å². The highest BCUT2D eigenvalue weighted by Gasteiger charge is 2.06. The highest BCUT2D eigenvalue weighted by atomic mass is 19.1. The van der Waals surface area contributed by atoms with Gasteiger partial charge in [0.05, 0.1) is 6.54 Å². The first-order chi connectivity index (χ1) is 12.5. The number of hydrogen-bond donors (Lipinski definition) is 1. The number of ether oxygens (including phenoxy) is 1. The Morgan fingerprint density at radius 2 is 1.73 bits per heavy atom. The number of carbonyl (C=O) groups excluding carboxylic acids is 2. The first kappa shape index (κ1) is 19.6. The molecule has 0 heterocycles. The van der Waals surface area contributed by atoms with Gasteiger partial charge in [0.25, 0.3) is 0 Å². The molecule has 0 radical (unpaired) electrons. The summed E-state index contributed by atoms with van der Waals surface area (Å²) in [6.45, 7) is 2.45. The van der Waals surface area contributed by atoms with Crippen LogP contribution in [0.5, 0.6) is 0 Å². The normalized spacial score (nSPS) is 10.4. The largest absolute Gasteiger partial charge is 0.464 e. The average Bonchev–Trinajstić information content (AvgIpc) is 2.63. The number of amides is 1. The fourth-order valence-corrected chi connectivity index (χ4v) is 2.47. The van der Waals surface area contributed by atoms with E-state index < -0.39 is 0 Å². The lowest BCUT2D eigenvalue weighted by Gasteiger charge is -2.07. The second-order valence-electron chi connectivity index (χ2n) is 6.19. The molecule has 0 saturated heterocycles. The molecule has 0 aliphatic heterocycles. The summed E-state index contributed by atoms with van der Waals surface area (Å²) < 4.78 is 18.1. The maximum atomic E-state index is 13.0. The Morgan fingerprint density at radius 1 is 1.00 bits per heavy atom. The first-order valence-corrected chi connectivity index (χ1v) is 8.75. The molecule has 0 bridgehead atoms. The van der Waals surface area contributed by atoms with Crippen LogP contribution >= 0.6 is 0 Å². The van der Waals surface area contributed by atoms with Gasteiger partial charge in [-0.2, -0.15) is 0 Å². The maximum absolute atomic E-state index is 13.0. The molecule has 0 unspecified atom stereocenters. The molecule has 0 aliphatic rings. The van der Waals surface area contributed by atoms with Gasteiger partial charge in [0.15, 0.2) is 0 Å². The molecule has 0 saturated carbocycles. The van der Waals surface area contributed by atoms with Gasteiger partial charge in [-0.25, -0.2) is 4.39 Å². The minimum atomic E-state index is -0.358. The van der Waals surface area contributed by atoms with Crippen molar-refractivity contribution in [2.24, 2.45) is 0 Å². The smallest absolute Gasteiger partial charge is 0.306 e. The summed E-state index contributed by atoms with van der Waals surface area (Å²) in [6, 6.07) is 14.2. The van der Waals surface area contributed by atoms with Crippen molar-refractivity contribution in [3.63, 3.8) is 0 Å². The van der Waals surface area contributed by atoms with Gasteiger partial charge in [0.1, 0.15) is 12.4 Å². The summed E-state index contributed by atoms with van der Waals surface area (Å²) >= 11 is 0. The SMILES string of the molecule is Cc1ccc(CCC(=O)NCCOC(=O)CCc2cccc(F)c2)cc1. The number of benzene rings is 2. The zero-order valence-corrected chi connectivity index (χ0v) is 15.0. The quantitative estimate of drug-likeness (QED) is 0.553. The van der Waals surface area contributed by atoms with Crippen molar-refractivity contribution < 1.29 is 18.7 Å². The lowest BCUT2D eigenvalue weighted by molar-refractivity contribution is -0.143. The van der Waals surface area contributed by atoms with Gasteiger partial charge in [-0.1, -0.05) is 42.0 Å². The van der Waals surface area contributed by atoms with Crippen molar-refractivity contribution in [1.29, 1.82) is 0 Å². The van der Waals surface area contributed by atoms with Crippen LogP contribution in [0.4, 0.5) is 4.39 Å². The second kappa shape index (κ2) is 10.3. The van der Waals surface area contributed by atoms with E-state index in [0.717, 1.165) is 11.1 Å². The fourth-order valence-electron chi connectivity index (χ4n) is 2.47. The molecule has 1 N–H and O–H groups in total. The zero-order valence-electron chi connectivity index (χ0n) is 15.0. The van der Waals surface area contributed by atoms with Crippen LogP contribution in [0.2, 0.25) is 0 Å². The molecule has 26 heavy (non-hydrogen) atoms. The van der Waals surface area contributed by atoms with Gasteiger partial charge in [-0.15, -0.1) is 0 Å². The number of carbonyl (C=O) groups is 2. The summed E-state index contributed by atoms with van der Waals surface area (Å²) in [5.74, 6) is -0.742. The molecule has 5 heteroatoms. The van der Waals surface area contributed by atoms with Crippen LogP contribution in [0.15, 0.2) is 48.5 Å². The van der Waals surface area contributed by atoms with E-state index in [1.54, 1.807) is 12.1 Å². The highest BCUT2D eigenvalue weighted by molar-refractivity contribution is 5.76. The molecule has 2 rings (SSSR count). The predicted octanol–water partition coefficient (Wildman–Crippen LogP) is 3.36. The van der Waals surface area contributed by atoms with E-state index in [1.165, 1.54) is 17.7 Å². The summed E-state index contributed by atoms with van der Waals surface area (Å²) in [5, 5.41) is 2.74. The van der Waals surface area contributed by atoms with Gasteiger partial charge >= 0.3 is 5.97 Å². The number of aryl methyl sites for hydroxylation is 3. The van der Waals surface area contributed by atoms with Crippen molar-refractivity contribution in [2.45, 2.75) is 32.6 Å². The molecule has 0 aliphatic carbocycles. The third kappa shape index (κ3) is 7.47. The predicted molar refractivity (Wildman–Crippen MR) is 98.2 cm³/mol. The Morgan fingerprint density at radius 3 is 2.46 bits per heavy atom. The molecular weight excluding hydrogens is 333 g/mol. The van der Waals surface area contributed by atoms with Crippen LogP contribution in [0.3, 0.4) is 0 Å². The number of halogens is 1. The molecule has 0 atom stereocenters. The second-order valence-corrected chi connectivity index (χ2v) is 6.19. The fraction of sp³-hybridized carbons (Fsp3) is 0.333. The molecule has 0 spiro atoms. The van der Waals surface area contributed by atoms with E-state index in [4.69, 9.17) is 4.74 Å². The van der Waals surface area contributed by atoms with E-state index >= 15 is 0 Å². The van der Waals surface area contributed by atoms with Gasteiger partial charge in [0.2, 0.25) is 5.91 Å². The lowest BCUT2D eigenvalue weighted by atomic mass is 10.1. The summed E-state index contributed by atoms with van der Waals surface area (Å²) in [7, 11) is 0. The molecule has 2 aromatic carbocycles. The number of nitrogens with one attached hydrogen (secondary N) is 1. The van der Waals surface area contributed by atoms with Gasteiger partial charge in [-0.3, -0.25) is 9.59 Å². The number of rotatable bonds is 9. The maximum Gasteiger partial charge on any atom is 0.306 e. The van der Waals surface area contributed by atoms with Crippen LogP contribution in [0.25, 0.3) is 0 Å². The lowest BCUT2D eigenvalue weighted by Crippen LogP contribution is -2.28. The third-order valence-corrected chi connectivity index (χ3v) is 3.96. The van der Waals surface area contributed by atoms with E-state index in [0.29, 0.717) is 25.8 Å². The van der Waals surface area contributed by atoms with E-state index in [1.807, 2.05) is 31.2 Å². The Labute approximate surface area is 153 Å². The van der Waals surface area contributed by atoms with E-state index in [2.05, 4.69) is 5.32 Å². The van der Waals surface area contributed by atoms with Crippen LogP contribution in [-0.4, -0.2) is 25.0 Å². The van der Waals surface area contributed by atoms with Gasteiger partial charge in [-0.05, 0) is 43.0 Å². The number of hydrogen-bond acceptors (Lipinski definition) is 3. The Bertz CT molecular complexity index is 728. The average molecular weight is 357 g/mol. The van der Waals surface area contributed by atoms with Crippen molar-refractivity contribution in [2.75, 3.05) is 13.2 Å². The van der Waals surface area contributed by atoms with E-state index in [-0.39, 0.29) is 30.7 Å². The molecule has 2 aromatic rings. The third-order valence-electron chi connectivity index (χ3n) is 3.96. The number of esters is 1. The van der Waals surface area contributed by atoms with Crippen molar-refractivity contribution in [1.82, 2.24) is 5.32 Å². The minimum absolute atomic E-state index is 0.0682. The first-order valence-electron chi connectivity index (χ1n) is 8.75. The van der Waals surface area contributed by atoms with E-state index in [9.17, 15) is 14.0 Å². The van der Waals surface area contributed by atoms with Gasteiger partial charge < -0.3 is 10.1 Å². The topological polar surface area (TPSA) is 55.4 Å². The monoisotopic (exact) mass is 357 g/mol. The molecule has 0 aromatic heterocycles. The van der Waals surface area contributed by atoms with Crippen LogP contribution < -0.4 is 5.32 Å². The summed E-state index contributed by atoms with van der Waals surface area (Å²) in [6.07, 6.45) is 1.69.